The topological polar surface area (TPSA) is 134 Å². The van der Waals surface area contributed by atoms with Gasteiger partial charge in [0.2, 0.25) is 5.91 Å². The van der Waals surface area contributed by atoms with Crippen LogP contribution in [0.25, 0.3) is 0 Å². The van der Waals surface area contributed by atoms with Crippen LogP contribution >= 0.6 is 0 Å². The maximum atomic E-state index is 12.9. The Bertz CT molecular complexity index is 1200. The summed E-state index contributed by atoms with van der Waals surface area (Å²) in [7, 11) is 0. The highest BCUT2D eigenvalue weighted by Crippen LogP contribution is 2.37. The molecule has 0 spiro atoms. The lowest BCUT2D eigenvalue weighted by Gasteiger charge is -2.14. The molecule has 0 saturated carbocycles. The van der Waals surface area contributed by atoms with Crippen molar-refractivity contribution in [3.05, 3.63) is 89.5 Å². The molecule has 0 aromatic heterocycles. The maximum absolute atomic E-state index is 12.9. The number of nitrogens with two attached hydrogens (primary N) is 1. The molecule has 8 nitrogen and oxygen atoms in total. The van der Waals surface area contributed by atoms with Gasteiger partial charge in [-0.2, -0.15) is 0 Å². The number of carboxylic acids is 1. The Kier molecular flexibility index (Phi) is 5.19. The summed E-state index contributed by atoms with van der Waals surface area (Å²) in [6.45, 7) is 0. The van der Waals surface area contributed by atoms with Gasteiger partial charge in [-0.05, 0) is 47.5 Å². The Morgan fingerprint density at radius 3 is 2.32 bits per heavy atom. The lowest BCUT2D eigenvalue weighted by Crippen LogP contribution is -2.21. The van der Waals surface area contributed by atoms with E-state index in [9.17, 15) is 14.4 Å². The number of amides is 3. The van der Waals surface area contributed by atoms with Crippen LogP contribution in [0.3, 0.4) is 0 Å². The second-order valence-corrected chi connectivity index (χ2v) is 6.93. The summed E-state index contributed by atoms with van der Waals surface area (Å²) in [6.07, 6.45) is 0. The minimum Gasteiger partial charge on any atom is -0.478 e. The highest BCUT2D eigenvalue weighted by molar-refractivity contribution is 6.24. The molecule has 0 fully saturated rings. The standard InChI is InChI=1S/C23H18N4O4/c24-23(31)26-16-10-11-17-18(12-16)27-21(28)19(17)20(13-4-2-1-3-5-13)25-15-8-6-14(7-9-15)22(29)30/h1-12,19H,(H,27,28)(H,29,30)(H3,24,26,31). The summed E-state index contributed by atoms with van der Waals surface area (Å²) >= 11 is 0. The zero-order valence-corrected chi connectivity index (χ0v) is 16.2. The summed E-state index contributed by atoms with van der Waals surface area (Å²) in [5.41, 5.74) is 8.87. The van der Waals surface area contributed by atoms with Gasteiger partial charge in [0.1, 0.15) is 5.92 Å². The zero-order chi connectivity index (χ0) is 22.0. The number of carbonyl (C=O) groups is 3. The van der Waals surface area contributed by atoms with E-state index in [2.05, 4.69) is 10.6 Å². The number of nitrogens with zero attached hydrogens (tertiary/aromatic N) is 1. The summed E-state index contributed by atoms with van der Waals surface area (Å²) in [5.74, 6) is -1.96. The number of fused-ring (bicyclic) bond motifs is 1. The molecule has 3 aromatic rings. The highest BCUT2D eigenvalue weighted by Gasteiger charge is 2.35. The third kappa shape index (κ3) is 4.13. The van der Waals surface area contributed by atoms with Crippen LogP contribution in [0, 0.1) is 0 Å². The average Bonchev–Trinajstić information content (AvgIpc) is 3.07. The normalized spacial score (nSPS) is 15.2. The number of anilines is 2. The van der Waals surface area contributed by atoms with Crippen LogP contribution in [0.5, 0.6) is 0 Å². The number of benzene rings is 3. The molecule has 1 unspecified atom stereocenters. The molecule has 0 radical (unpaired) electrons. The summed E-state index contributed by atoms with van der Waals surface area (Å²) in [6, 6.07) is 19.8. The van der Waals surface area contributed by atoms with Crippen LogP contribution in [0.1, 0.15) is 27.4 Å². The Morgan fingerprint density at radius 2 is 1.68 bits per heavy atom. The van der Waals surface area contributed by atoms with Gasteiger partial charge in [0.05, 0.1) is 17.0 Å². The van der Waals surface area contributed by atoms with E-state index in [1.807, 2.05) is 30.3 Å². The summed E-state index contributed by atoms with van der Waals surface area (Å²) in [4.78, 5) is 39.9. The van der Waals surface area contributed by atoms with E-state index in [1.165, 1.54) is 12.1 Å². The molecule has 1 aliphatic rings. The minimum atomic E-state index is -1.02. The van der Waals surface area contributed by atoms with Crippen LogP contribution in [0.4, 0.5) is 21.9 Å². The first-order valence-electron chi connectivity index (χ1n) is 9.41. The van der Waals surface area contributed by atoms with Crippen molar-refractivity contribution in [2.75, 3.05) is 10.6 Å². The van der Waals surface area contributed by atoms with Crippen molar-refractivity contribution in [2.24, 2.45) is 10.7 Å². The molecule has 1 heterocycles. The number of aromatic carboxylic acids is 1. The van der Waals surface area contributed by atoms with Gasteiger partial charge >= 0.3 is 12.0 Å². The Morgan fingerprint density at radius 1 is 0.968 bits per heavy atom. The molecule has 154 valence electrons. The van der Waals surface area contributed by atoms with Gasteiger partial charge in [-0.15, -0.1) is 0 Å². The molecule has 0 saturated heterocycles. The fraction of sp³-hybridized carbons (Fsp3) is 0.0435. The van der Waals surface area contributed by atoms with Crippen LogP contribution in [0.2, 0.25) is 0 Å². The van der Waals surface area contributed by atoms with Gasteiger partial charge in [-0.25, -0.2) is 9.59 Å². The van der Waals surface area contributed by atoms with E-state index >= 15 is 0 Å². The predicted octanol–water partition coefficient (Wildman–Crippen LogP) is 3.73. The Hall–Kier alpha value is -4.46. The second-order valence-electron chi connectivity index (χ2n) is 6.93. The van der Waals surface area contributed by atoms with Gasteiger partial charge in [0.25, 0.3) is 0 Å². The second kappa shape index (κ2) is 8.11. The molecule has 31 heavy (non-hydrogen) atoms. The van der Waals surface area contributed by atoms with Gasteiger partial charge < -0.3 is 21.5 Å². The van der Waals surface area contributed by atoms with E-state index in [4.69, 9.17) is 15.8 Å². The molecule has 3 aromatic carbocycles. The van der Waals surface area contributed by atoms with Crippen molar-refractivity contribution in [3.63, 3.8) is 0 Å². The number of carbonyl (C=O) groups excluding carboxylic acids is 2. The molecule has 5 N–H and O–H groups in total. The van der Waals surface area contributed by atoms with Crippen molar-refractivity contribution in [2.45, 2.75) is 5.92 Å². The number of carboxylic acid groups (broad SMARTS) is 1. The molecule has 3 amide bonds. The third-order valence-electron chi connectivity index (χ3n) is 4.86. The zero-order valence-electron chi connectivity index (χ0n) is 16.2. The largest absolute Gasteiger partial charge is 0.478 e. The smallest absolute Gasteiger partial charge is 0.335 e. The Balaban J connectivity index is 1.79. The van der Waals surface area contributed by atoms with Crippen molar-refractivity contribution in [1.29, 1.82) is 0 Å². The third-order valence-corrected chi connectivity index (χ3v) is 4.86. The van der Waals surface area contributed by atoms with Crippen LogP contribution in [0.15, 0.2) is 77.8 Å². The molecule has 8 heteroatoms. The number of hydrogen-bond donors (Lipinski definition) is 4. The first-order chi connectivity index (χ1) is 14.9. The van der Waals surface area contributed by atoms with Crippen molar-refractivity contribution in [1.82, 2.24) is 0 Å². The molecular formula is C23H18N4O4. The maximum Gasteiger partial charge on any atom is 0.335 e. The molecular weight excluding hydrogens is 396 g/mol. The fourth-order valence-electron chi connectivity index (χ4n) is 3.48. The van der Waals surface area contributed by atoms with Gasteiger partial charge in [-0.1, -0.05) is 36.4 Å². The van der Waals surface area contributed by atoms with Crippen LogP contribution < -0.4 is 16.4 Å². The van der Waals surface area contributed by atoms with Crippen LogP contribution in [-0.2, 0) is 4.79 Å². The van der Waals surface area contributed by atoms with Crippen molar-refractivity contribution in [3.8, 4) is 0 Å². The van der Waals surface area contributed by atoms with E-state index < -0.39 is 17.9 Å². The van der Waals surface area contributed by atoms with E-state index in [-0.39, 0.29) is 11.5 Å². The molecule has 1 aliphatic heterocycles. The molecule has 4 rings (SSSR count). The van der Waals surface area contributed by atoms with Crippen molar-refractivity contribution < 1.29 is 19.5 Å². The highest BCUT2D eigenvalue weighted by atomic mass is 16.4. The number of aliphatic imine (C=N–C) groups is 1. The van der Waals surface area contributed by atoms with E-state index in [0.717, 1.165) is 5.56 Å². The number of nitrogens with one attached hydrogen (secondary N) is 2. The van der Waals surface area contributed by atoms with E-state index in [0.29, 0.717) is 28.3 Å². The Labute approximate surface area is 177 Å². The minimum absolute atomic E-state index is 0.152. The van der Waals surface area contributed by atoms with Gasteiger partial charge in [0.15, 0.2) is 0 Å². The van der Waals surface area contributed by atoms with Gasteiger partial charge in [0, 0.05) is 11.4 Å². The molecule has 0 aliphatic carbocycles. The predicted molar refractivity (Wildman–Crippen MR) is 117 cm³/mol. The van der Waals surface area contributed by atoms with Gasteiger partial charge in [-0.3, -0.25) is 9.79 Å². The summed E-state index contributed by atoms with van der Waals surface area (Å²) < 4.78 is 0. The molecule has 1 atom stereocenters. The van der Waals surface area contributed by atoms with Crippen molar-refractivity contribution >= 4 is 40.7 Å². The summed E-state index contributed by atoms with van der Waals surface area (Å²) in [5, 5.41) is 14.4. The fourth-order valence-corrected chi connectivity index (χ4v) is 3.48. The lowest BCUT2D eigenvalue weighted by molar-refractivity contribution is -0.115. The van der Waals surface area contributed by atoms with Crippen LogP contribution in [-0.4, -0.2) is 28.7 Å². The number of primary amides is 1. The average molecular weight is 414 g/mol. The lowest BCUT2D eigenvalue weighted by atomic mass is 9.90. The number of rotatable bonds is 5. The first kappa shape index (κ1) is 19.8. The first-order valence-corrected chi connectivity index (χ1v) is 9.41. The quantitative estimate of drug-likeness (QED) is 0.473. The monoisotopic (exact) mass is 414 g/mol. The van der Waals surface area contributed by atoms with E-state index in [1.54, 1.807) is 30.3 Å². The SMILES string of the molecule is NC(=O)Nc1ccc2c(c1)NC(=O)C2C(=Nc1ccc(C(=O)O)cc1)c1ccccc1. The molecule has 0 bridgehead atoms. The number of hydrogen-bond acceptors (Lipinski definition) is 4. The number of urea groups is 1.